The molecule has 212 valence electrons. The van der Waals surface area contributed by atoms with Gasteiger partial charge in [0, 0.05) is 50.3 Å². The molecule has 2 aliphatic rings. The molecule has 1 saturated heterocycles. The molecule has 1 N–H and O–H groups in total. The van der Waals surface area contributed by atoms with E-state index in [1.165, 1.54) is 0 Å². The number of fused-ring (bicyclic) bond motifs is 2. The number of carboxylic acids is 1. The fourth-order valence-corrected chi connectivity index (χ4v) is 6.83. The van der Waals surface area contributed by atoms with Gasteiger partial charge in [-0.3, -0.25) is 9.59 Å². The summed E-state index contributed by atoms with van der Waals surface area (Å²) >= 11 is 1.60. The molecular formula is C31H37N3O5S. The molecule has 1 aliphatic carbocycles. The molecule has 2 fully saturated rings. The first-order valence-electron chi connectivity index (χ1n) is 13.8. The molecule has 3 atom stereocenters. The summed E-state index contributed by atoms with van der Waals surface area (Å²) in [4.78, 5) is 33.4. The molecule has 5 rings (SSSR count). The highest BCUT2D eigenvalue weighted by Gasteiger charge is 2.46. The van der Waals surface area contributed by atoms with Gasteiger partial charge in [0.05, 0.1) is 18.2 Å². The van der Waals surface area contributed by atoms with Gasteiger partial charge in [0.25, 0.3) is 5.91 Å². The second kappa shape index (κ2) is 12.0. The number of likely N-dealkylation sites (N-methyl/N-ethyl adjacent to an activating group) is 1. The van der Waals surface area contributed by atoms with E-state index in [0.717, 1.165) is 64.8 Å². The Morgan fingerprint density at radius 3 is 2.55 bits per heavy atom. The number of benzene rings is 2. The number of carboxylic acid groups (broad SMARTS) is 1. The summed E-state index contributed by atoms with van der Waals surface area (Å²) in [6.07, 6.45) is 1.95. The minimum absolute atomic E-state index is 0.0343. The third-order valence-corrected chi connectivity index (χ3v) is 9.14. The number of amides is 1. The number of thiazole rings is 1. The average molecular weight is 564 g/mol. The van der Waals surface area contributed by atoms with Crippen molar-refractivity contribution in [2.75, 3.05) is 45.3 Å². The SMILES string of the molecule is COCCN(C)C(=O)c1ccc(COc2ccc(C)cc2-c2csc(N3C[C@H]4CC[C@@H](C3)C4C(=O)O)n2)c(C)c1. The summed E-state index contributed by atoms with van der Waals surface area (Å²) in [6.45, 7) is 6.95. The Kier molecular flexibility index (Phi) is 8.42. The standard InChI is InChI=1S/C31H37N3O5S/c1-19-5-10-27(39-17-24-9-6-21(14-20(24)2)29(35)33(3)11-12-38-4)25(13-19)26-18-40-31(32-26)34-15-22-7-8-23(16-34)28(22)30(36)37/h5-6,9-10,13-14,18,22-23,28H,7-8,11-12,15-17H2,1-4H3,(H,36,37)/t22-,23+,28?. The van der Waals surface area contributed by atoms with Gasteiger partial charge in [-0.1, -0.05) is 17.7 Å². The van der Waals surface area contributed by atoms with E-state index in [0.29, 0.717) is 25.3 Å². The van der Waals surface area contributed by atoms with E-state index in [1.54, 1.807) is 30.4 Å². The second-order valence-corrected chi connectivity index (χ2v) is 11.9. The maximum absolute atomic E-state index is 12.7. The van der Waals surface area contributed by atoms with Crippen LogP contribution in [0.15, 0.2) is 41.8 Å². The summed E-state index contributed by atoms with van der Waals surface area (Å²) in [5.74, 6) is 0.229. The predicted octanol–water partition coefficient (Wildman–Crippen LogP) is 5.27. The Balaban J connectivity index is 1.29. The van der Waals surface area contributed by atoms with Gasteiger partial charge in [0.1, 0.15) is 12.4 Å². The van der Waals surface area contributed by atoms with Crippen LogP contribution in [0.1, 0.15) is 39.9 Å². The number of aromatic nitrogens is 1. The molecule has 3 aromatic rings. The van der Waals surface area contributed by atoms with Gasteiger partial charge in [-0.05, 0) is 73.9 Å². The van der Waals surface area contributed by atoms with E-state index in [4.69, 9.17) is 14.5 Å². The van der Waals surface area contributed by atoms with E-state index in [1.807, 2.05) is 37.3 Å². The minimum Gasteiger partial charge on any atom is -0.488 e. The zero-order chi connectivity index (χ0) is 28.4. The molecule has 1 saturated carbocycles. The summed E-state index contributed by atoms with van der Waals surface area (Å²) < 4.78 is 11.4. The Morgan fingerprint density at radius 2 is 1.88 bits per heavy atom. The van der Waals surface area contributed by atoms with Gasteiger partial charge < -0.3 is 24.4 Å². The van der Waals surface area contributed by atoms with Gasteiger partial charge in [0.15, 0.2) is 5.13 Å². The van der Waals surface area contributed by atoms with E-state index in [9.17, 15) is 14.7 Å². The van der Waals surface area contributed by atoms with E-state index in [-0.39, 0.29) is 23.7 Å². The number of anilines is 1. The molecule has 1 unspecified atom stereocenters. The van der Waals surface area contributed by atoms with Crippen LogP contribution in [-0.4, -0.2) is 67.3 Å². The molecule has 1 amide bonds. The summed E-state index contributed by atoms with van der Waals surface area (Å²) in [5, 5.41) is 12.7. The predicted molar refractivity (Wildman–Crippen MR) is 156 cm³/mol. The minimum atomic E-state index is -0.653. The molecule has 2 bridgehead atoms. The number of hydrogen-bond donors (Lipinski definition) is 1. The largest absolute Gasteiger partial charge is 0.488 e. The smallest absolute Gasteiger partial charge is 0.307 e. The van der Waals surface area contributed by atoms with Crippen LogP contribution in [0, 0.1) is 31.6 Å². The van der Waals surface area contributed by atoms with Crippen LogP contribution in [0.25, 0.3) is 11.3 Å². The summed E-state index contributed by atoms with van der Waals surface area (Å²) in [5.41, 5.74) is 5.58. The first-order valence-corrected chi connectivity index (χ1v) is 14.6. The van der Waals surface area contributed by atoms with Crippen molar-refractivity contribution in [1.29, 1.82) is 0 Å². The molecule has 9 heteroatoms. The molecule has 1 aromatic heterocycles. The van der Waals surface area contributed by atoms with Crippen LogP contribution in [0.5, 0.6) is 5.75 Å². The number of ether oxygens (including phenoxy) is 2. The molecule has 0 radical (unpaired) electrons. The van der Waals surface area contributed by atoms with E-state index in [2.05, 4.69) is 23.3 Å². The van der Waals surface area contributed by atoms with Gasteiger partial charge in [-0.2, -0.15) is 0 Å². The number of carbonyl (C=O) groups excluding carboxylic acids is 1. The molecule has 2 aromatic carbocycles. The maximum Gasteiger partial charge on any atom is 0.307 e. The third-order valence-electron chi connectivity index (χ3n) is 8.24. The lowest BCUT2D eigenvalue weighted by Gasteiger charge is -2.35. The number of hydrogen-bond acceptors (Lipinski definition) is 7. The maximum atomic E-state index is 12.7. The fraction of sp³-hybridized carbons (Fsp3) is 0.452. The lowest BCUT2D eigenvalue weighted by Crippen LogP contribution is -2.44. The van der Waals surface area contributed by atoms with Crippen molar-refractivity contribution in [3.8, 4) is 17.0 Å². The molecule has 40 heavy (non-hydrogen) atoms. The number of methoxy groups -OCH3 is 1. The fourth-order valence-electron chi connectivity index (χ4n) is 5.98. The van der Waals surface area contributed by atoms with Gasteiger partial charge >= 0.3 is 5.97 Å². The number of piperidine rings is 1. The highest BCUT2D eigenvalue weighted by molar-refractivity contribution is 7.14. The van der Waals surface area contributed by atoms with Crippen LogP contribution in [0.3, 0.4) is 0 Å². The third kappa shape index (κ3) is 5.86. The normalized spacial score (nSPS) is 20.0. The summed E-state index contributed by atoms with van der Waals surface area (Å²) in [6, 6.07) is 11.8. The van der Waals surface area contributed by atoms with Crippen molar-refractivity contribution < 1.29 is 24.2 Å². The first kappa shape index (κ1) is 28.1. The molecule has 0 spiro atoms. The van der Waals surface area contributed by atoms with Gasteiger partial charge in [0.2, 0.25) is 0 Å². The monoisotopic (exact) mass is 563 g/mol. The highest BCUT2D eigenvalue weighted by Crippen LogP contribution is 2.44. The van der Waals surface area contributed by atoms with Crippen LogP contribution in [0.2, 0.25) is 0 Å². The van der Waals surface area contributed by atoms with Crippen LogP contribution >= 0.6 is 11.3 Å². The average Bonchev–Trinajstić information content (AvgIpc) is 3.54. The number of rotatable bonds is 10. The Morgan fingerprint density at radius 1 is 1.12 bits per heavy atom. The number of aliphatic carboxylic acids is 1. The van der Waals surface area contributed by atoms with Crippen molar-refractivity contribution in [3.05, 3.63) is 64.0 Å². The zero-order valence-electron chi connectivity index (χ0n) is 23.6. The Bertz CT molecular complexity index is 1380. The molecule has 2 heterocycles. The van der Waals surface area contributed by atoms with Crippen molar-refractivity contribution in [1.82, 2.24) is 9.88 Å². The van der Waals surface area contributed by atoms with Crippen LogP contribution < -0.4 is 9.64 Å². The van der Waals surface area contributed by atoms with Crippen LogP contribution in [0.4, 0.5) is 5.13 Å². The van der Waals surface area contributed by atoms with Crippen molar-refractivity contribution in [2.45, 2.75) is 33.3 Å². The van der Waals surface area contributed by atoms with Crippen molar-refractivity contribution in [2.24, 2.45) is 17.8 Å². The summed E-state index contributed by atoms with van der Waals surface area (Å²) in [7, 11) is 3.40. The van der Waals surface area contributed by atoms with Gasteiger partial charge in [-0.15, -0.1) is 11.3 Å². The zero-order valence-corrected chi connectivity index (χ0v) is 24.4. The molecular weight excluding hydrogens is 526 g/mol. The van der Waals surface area contributed by atoms with Crippen LogP contribution in [-0.2, 0) is 16.1 Å². The Hall–Kier alpha value is -3.43. The van der Waals surface area contributed by atoms with E-state index < -0.39 is 5.97 Å². The quantitative estimate of drug-likeness (QED) is 0.359. The Labute approximate surface area is 239 Å². The number of aryl methyl sites for hydroxylation is 2. The number of carbonyl (C=O) groups is 2. The van der Waals surface area contributed by atoms with E-state index >= 15 is 0 Å². The number of nitrogens with zero attached hydrogens (tertiary/aromatic N) is 3. The molecule has 1 aliphatic heterocycles. The second-order valence-electron chi connectivity index (χ2n) is 11.0. The lowest BCUT2D eigenvalue weighted by atomic mass is 9.85. The van der Waals surface area contributed by atoms with Crippen molar-refractivity contribution >= 4 is 28.3 Å². The highest BCUT2D eigenvalue weighted by atomic mass is 32.1. The van der Waals surface area contributed by atoms with Crippen molar-refractivity contribution in [3.63, 3.8) is 0 Å². The lowest BCUT2D eigenvalue weighted by molar-refractivity contribution is -0.144. The molecule has 8 nitrogen and oxygen atoms in total. The van der Waals surface area contributed by atoms with Gasteiger partial charge in [-0.25, -0.2) is 4.98 Å². The topological polar surface area (TPSA) is 92.2 Å². The first-order chi connectivity index (χ1) is 19.2.